The van der Waals surface area contributed by atoms with E-state index in [9.17, 15) is 9.18 Å². The van der Waals surface area contributed by atoms with Crippen molar-refractivity contribution in [2.45, 2.75) is 19.1 Å². The predicted molar refractivity (Wildman–Crippen MR) is 51.6 cm³/mol. The third-order valence-electron chi connectivity index (χ3n) is 2.05. The van der Waals surface area contributed by atoms with Crippen LogP contribution in [0.4, 0.5) is 4.39 Å². The second-order valence-corrected chi connectivity index (χ2v) is 3.23. The topological polar surface area (TPSA) is 83.5 Å². The molecule has 1 aromatic carbocycles. The van der Waals surface area contributed by atoms with Gasteiger partial charge in [0.15, 0.2) is 0 Å². The number of carboxylic acid groups (broad SMARTS) is 1. The average Bonchev–Trinajstić information content (AvgIpc) is 2.21. The molecule has 4 nitrogen and oxygen atoms in total. The first kappa shape index (κ1) is 11.6. The van der Waals surface area contributed by atoms with Crippen molar-refractivity contribution in [1.29, 1.82) is 0 Å². The molecule has 0 aromatic heterocycles. The highest BCUT2D eigenvalue weighted by Gasteiger charge is 2.14. The van der Waals surface area contributed by atoms with Gasteiger partial charge in [0.25, 0.3) is 0 Å². The Labute approximate surface area is 86.1 Å². The second-order valence-electron chi connectivity index (χ2n) is 3.23. The molecule has 1 atom stereocenters. The predicted octanol–water partition coefficient (Wildman–Crippen LogP) is 0.272. The molecule has 0 aliphatic heterocycles. The molecule has 1 aromatic rings. The Morgan fingerprint density at radius 2 is 2.20 bits per heavy atom. The molecule has 0 aliphatic carbocycles. The van der Waals surface area contributed by atoms with Crippen LogP contribution in [0, 0.1) is 5.82 Å². The number of benzene rings is 1. The van der Waals surface area contributed by atoms with Crippen LogP contribution >= 0.6 is 0 Å². The number of nitrogens with two attached hydrogens (primary N) is 1. The van der Waals surface area contributed by atoms with Crippen molar-refractivity contribution in [2.75, 3.05) is 0 Å². The minimum Gasteiger partial charge on any atom is -0.480 e. The Bertz CT molecular complexity index is 368. The van der Waals surface area contributed by atoms with E-state index in [1.54, 1.807) is 0 Å². The summed E-state index contributed by atoms with van der Waals surface area (Å²) in [6, 6.07) is 2.91. The normalized spacial score (nSPS) is 12.5. The van der Waals surface area contributed by atoms with E-state index >= 15 is 0 Å². The van der Waals surface area contributed by atoms with Gasteiger partial charge in [-0.3, -0.25) is 4.79 Å². The smallest absolute Gasteiger partial charge is 0.320 e. The van der Waals surface area contributed by atoms with Crippen molar-refractivity contribution in [3.05, 3.63) is 35.1 Å². The van der Waals surface area contributed by atoms with Crippen LogP contribution in [0.1, 0.15) is 11.1 Å². The van der Waals surface area contributed by atoms with Crippen LogP contribution in [0.3, 0.4) is 0 Å². The lowest BCUT2D eigenvalue weighted by molar-refractivity contribution is -0.138. The Morgan fingerprint density at radius 1 is 1.53 bits per heavy atom. The van der Waals surface area contributed by atoms with Crippen LogP contribution in [0.15, 0.2) is 18.2 Å². The molecule has 0 bridgehead atoms. The number of carbonyl (C=O) groups is 1. The molecule has 5 heteroatoms. The van der Waals surface area contributed by atoms with Crippen LogP contribution in [-0.2, 0) is 17.8 Å². The molecule has 0 aliphatic rings. The van der Waals surface area contributed by atoms with Gasteiger partial charge in [0.2, 0.25) is 0 Å². The molecular weight excluding hydrogens is 201 g/mol. The first-order valence-corrected chi connectivity index (χ1v) is 4.41. The van der Waals surface area contributed by atoms with Crippen molar-refractivity contribution in [2.24, 2.45) is 5.73 Å². The van der Waals surface area contributed by atoms with E-state index in [0.717, 1.165) is 0 Å². The highest BCUT2D eigenvalue weighted by atomic mass is 19.1. The third kappa shape index (κ3) is 3.00. The molecule has 4 N–H and O–H groups in total. The monoisotopic (exact) mass is 213 g/mol. The number of rotatable bonds is 4. The van der Waals surface area contributed by atoms with Crippen molar-refractivity contribution in [1.82, 2.24) is 0 Å². The van der Waals surface area contributed by atoms with E-state index in [0.29, 0.717) is 5.56 Å². The standard InChI is InChI=1S/C10H12FNO3/c11-8-2-1-6(5-13)3-7(8)4-9(12)10(14)15/h1-3,9,13H,4-5,12H2,(H,14,15). The molecule has 0 radical (unpaired) electrons. The van der Waals surface area contributed by atoms with Gasteiger partial charge in [0, 0.05) is 6.42 Å². The molecule has 0 amide bonds. The highest BCUT2D eigenvalue weighted by Crippen LogP contribution is 2.12. The van der Waals surface area contributed by atoms with Crippen molar-refractivity contribution in [3.63, 3.8) is 0 Å². The minimum absolute atomic E-state index is 0.0883. The Morgan fingerprint density at radius 3 is 2.73 bits per heavy atom. The van der Waals surface area contributed by atoms with E-state index in [2.05, 4.69) is 0 Å². The quantitative estimate of drug-likeness (QED) is 0.670. The Balaban J connectivity index is 2.88. The van der Waals surface area contributed by atoms with E-state index in [1.165, 1.54) is 18.2 Å². The molecule has 15 heavy (non-hydrogen) atoms. The summed E-state index contributed by atoms with van der Waals surface area (Å²) in [5.41, 5.74) is 6.02. The van der Waals surface area contributed by atoms with Gasteiger partial charge in [0.05, 0.1) is 6.61 Å². The van der Waals surface area contributed by atoms with Crippen LogP contribution in [-0.4, -0.2) is 22.2 Å². The minimum atomic E-state index is -1.18. The zero-order valence-electron chi connectivity index (χ0n) is 7.98. The summed E-state index contributed by atoms with van der Waals surface area (Å²) in [4.78, 5) is 10.5. The van der Waals surface area contributed by atoms with Gasteiger partial charge in [-0.2, -0.15) is 0 Å². The SMILES string of the molecule is NC(Cc1cc(CO)ccc1F)C(=O)O. The summed E-state index contributed by atoms with van der Waals surface area (Å²) in [7, 11) is 0. The molecule has 1 rings (SSSR count). The van der Waals surface area contributed by atoms with E-state index in [-0.39, 0.29) is 18.6 Å². The van der Waals surface area contributed by atoms with Crippen molar-refractivity contribution < 1.29 is 19.4 Å². The first-order valence-electron chi connectivity index (χ1n) is 4.41. The molecule has 82 valence electrons. The lowest BCUT2D eigenvalue weighted by atomic mass is 10.0. The highest BCUT2D eigenvalue weighted by molar-refractivity contribution is 5.73. The summed E-state index contributed by atoms with van der Waals surface area (Å²) in [6.45, 7) is -0.213. The van der Waals surface area contributed by atoms with E-state index in [4.69, 9.17) is 15.9 Å². The maximum absolute atomic E-state index is 13.2. The third-order valence-corrected chi connectivity index (χ3v) is 2.05. The lowest BCUT2D eigenvalue weighted by Crippen LogP contribution is -2.32. The number of hydrogen-bond donors (Lipinski definition) is 3. The average molecular weight is 213 g/mol. The molecule has 0 fully saturated rings. The number of aliphatic hydroxyl groups is 1. The lowest BCUT2D eigenvalue weighted by Gasteiger charge is -2.08. The number of halogens is 1. The fourth-order valence-electron chi connectivity index (χ4n) is 1.21. The fourth-order valence-corrected chi connectivity index (χ4v) is 1.21. The van der Waals surface area contributed by atoms with Crippen molar-refractivity contribution >= 4 is 5.97 Å². The van der Waals surface area contributed by atoms with Gasteiger partial charge >= 0.3 is 5.97 Å². The number of carboxylic acids is 1. The maximum atomic E-state index is 13.2. The molecule has 0 saturated carbocycles. The van der Waals surface area contributed by atoms with Gasteiger partial charge in [-0.05, 0) is 17.2 Å². The molecule has 0 saturated heterocycles. The zero-order chi connectivity index (χ0) is 11.4. The van der Waals surface area contributed by atoms with Gasteiger partial charge < -0.3 is 15.9 Å². The molecule has 1 unspecified atom stereocenters. The fraction of sp³-hybridized carbons (Fsp3) is 0.300. The van der Waals surface area contributed by atoms with Crippen molar-refractivity contribution in [3.8, 4) is 0 Å². The summed E-state index contributed by atoms with van der Waals surface area (Å²) >= 11 is 0. The summed E-state index contributed by atoms with van der Waals surface area (Å²) in [5.74, 6) is -1.69. The van der Waals surface area contributed by atoms with E-state index < -0.39 is 17.8 Å². The molecular formula is C10H12FNO3. The summed E-state index contributed by atoms with van der Waals surface area (Å²) < 4.78 is 13.2. The number of aliphatic hydroxyl groups excluding tert-OH is 1. The van der Waals surface area contributed by atoms with Crippen LogP contribution in [0.5, 0.6) is 0 Å². The maximum Gasteiger partial charge on any atom is 0.320 e. The number of aliphatic carboxylic acids is 1. The van der Waals surface area contributed by atoms with Crippen LogP contribution in [0.25, 0.3) is 0 Å². The van der Waals surface area contributed by atoms with Gasteiger partial charge in [-0.25, -0.2) is 4.39 Å². The summed E-state index contributed by atoms with van der Waals surface area (Å²) in [6.07, 6.45) is -0.0883. The second kappa shape index (κ2) is 4.86. The van der Waals surface area contributed by atoms with Gasteiger partial charge in [0.1, 0.15) is 11.9 Å². The van der Waals surface area contributed by atoms with Crippen LogP contribution in [0.2, 0.25) is 0 Å². The van der Waals surface area contributed by atoms with Crippen LogP contribution < -0.4 is 5.73 Å². The Hall–Kier alpha value is -1.46. The molecule has 0 heterocycles. The first-order chi connectivity index (χ1) is 7.04. The number of hydrogen-bond acceptors (Lipinski definition) is 3. The summed E-state index contributed by atoms with van der Waals surface area (Å²) in [5, 5.41) is 17.4. The van der Waals surface area contributed by atoms with Gasteiger partial charge in [-0.1, -0.05) is 12.1 Å². The molecule has 0 spiro atoms. The van der Waals surface area contributed by atoms with E-state index in [1.807, 2.05) is 0 Å². The Kier molecular flexibility index (Phi) is 3.76. The zero-order valence-corrected chi connectivity index (χ0v) is 7.98. The van der Waals surface area contributed by atoms with Gasteiger partial charge in [-0.15, -0.1) is 0 Å². The largest absolute Gasteiger partial charge is 0.480 e.